The molecule has 1 unspecified atom stereocenters. The third-order valence-electron chi connectivity index (χ3n) is 11.5. The fourth-order valence-corrected chi connectivity index (χ4v) is 9.18. The van der Waals surface area contributed by atoms with Gasteiger partial charge in [-0.2, -0.15) is 0 Å². The van der Waals surface area contributed by atoms with Gasteiger partial charge in [-0.05, 0) is 95.4 Å². The molecule has 2 aliphatic carbocycles. The summed E-state index contributed by atoms with van der Waals surface area (Å²) in [4.78, 5) is 57.4. The second-order valence-electron chi connectivity index (χ2n) is 16.7. The Morgan fingerprint density at radius 3 is 2.45 bits per heavy atom. The number of fused-ring (bicyclic) bond motifs is 2. The number of allylic oxidation sites excluding steroid dienone is 1. The molecule has 4 aliphatic rings. The van der Waals surface area contributed by atoms with Crippen molar-refractivity contribution in [3.63, 3.8) is 0 Å². The third-order valence-corrected chi connectivity index (χ3v) is 13.6. The van der Waals surface area contributed by atoms with Crippen LogP contribution in [0.3, 0.4) is 0 Å². The summed E-state index contributed by atoms with van der Waals surface area (Å²) in [6, 6.07) is 10.3. The molecule has 3 amide bonds. The SMILES string of the molecule is CC(C)Oc1ccc(-c2cc(O[C@@H]3C[C@H]4C(=O)N[C@]5(C(=O)NS(=O)(=O)C6(C)CC6)CC5/C=C\CC[C@H](C)C[C@@H](C)CC(=O)N4C3)cc(-c3cnccn3)n2)cc1. The summed E-state index contributed by atoms with van der Waals surface area (Å²) in [5.74, 6) is -0.151. The number of carbonyl (C=O) groups excluding carboxylic acids is 3. The molecule has 2 aromatic heterocycles. The highest BCUT2D eigenvalue weighted by Crippen LogP contribution is 2.47. The minimum absolute atomic E-state index is 0.0256. The van der Waals surface area contributed by atoms with E-state index in [1.165, 1.54) is 0 Å². The fraction of sp³-hybridized carbons (Fsp3) is 0.524. The van der Waals surface area contributed by atoms with E-state index in [1.807, 2.05) is 56.3 Å². The van der Waals surface area contributed by atoms with Crippen LogP contribution in [0.4, 0.5) is 0 Å². The van der Waals surface area contributed by atoms with Crippen molar-refractivity contribution in [3.8, 4) is 34.1 Å². The largest absolute Gasteiger partial charge is 0.491 e. The van der Waals surface area contributed by atoms with Crippen molar-refractivity contribution in [3.05, 3.63) is 67.1 Å². The van der Waals surface area contributed by atoms with E-state index >= 15 is 0 Å². The maximum Gasteiger partial charge on any atom is 0.259 e. The van der Waals surface area contributed by atoms with E-state index in [-0.39, 0.29) is 49.7 Å². The number of hydrogen-bond donors (Lipinski definition) is 2. The van der Waals surface area contributed by atoms with Gasteiger partial charge < -0.3 is 19.7 Å². The first kappa shape index (κ1) is 39.4. The van der Waals surface area contributed by atoms with Crippen LogP contribution in [0.25, 0.3) is 22.6 Å². The standard InChI is InChI=1S/C42H52N6O7S/c1-26(2)54-31-12-10-29(11-13-31)34-20-32(21-35(45-34)36-24-43-16-17-44-36)55-33-22-37-39(50)46-42(40(51)47-56(52,53)41(5)14-15-41)23-30(42)9-7-6-8-27(3)18-28(4)19-38(49)48(37)25-33/h7,9-13,16-17,20-21,24,26-28,30,33,37H,6,8,14-15,18-19,22-23,25H2,1-5H3,(H,46,50)(H,47,51)/b9-7-/t27-,28+,30?,33+,37-,42+/m0/s1. The van der Waals surface area contributed by atoms with E-state index in [1.54, 1.807) is 36.5 Å². The number of benzene rings is 1. The molecule has 56 heavy (non-hydrogen) atoms. The molecule has 0 bridgehead atoms. The van der Waals surface area contributed by atoms with Crippen LogP contribution >= 0.6 is 0 Å². The number of nitrogens with zero attached hydrogens (tertiary/aromatic N) is 4. The number of nitrogens with one attached hydrogen (secondary N) is 2. The lowest BCUT2D eigenvalue weighted by molar-refractivity contribution is -0.140. The minimum atomic E-state index is -3.95. The van der Waals surface area contributed by atoms with E-state index in [4.69, 9.17) is 14.5 Å². The van der Waals surface area contributed by atoms with Crippen LogP contribution in [-0.4, -0.2) is 81.1 Å². The van der Waals surface area contributed by atoms with Crippen LogP contribution in [0.15, 0.2) is 67.1 Å². The molecule has 3 aromatic rings. The molecule has 6 atom stereocenters. The quantitative estimate of drug-likeness (QED) is 0.260. The molecule has 1 aromatic carbocycles. The maximum atomic E-state index is 14.4. The Balaban J connectivity index is 1.18. The number of amides is 3. The van der Waals surface area contributed by atoms with Crippen molar-refractivity contribution >= 4 is 27.7 Å². The summed E-state index contributed by atoms with van der Waals surface area (Å²) in [5.41, 5.74) is 1.08. The van der Waals surface area contributed by atoms with Crippen LogP contribution in [0.5, 0.6) is 11.5 Å². The van der Waals surface area contributed by atoms with Gasteiger partial charge in [-0.1, -0.05) is 26.0 Å². The molecule has 1 saturated heterocycles. The summed E-state index contributed by atoms with van der Waals surface area (Å²) in [5, 5.41) is 2.95. The highest BCUT2D eigenvalue weighted by Gasteiger charge is 2.63. The molecule has 0 radical (unpaired) electrons. The molecule has 3 fully saturated rings. The monoisotopic (exact) mass is 784 g/mol. The summed E-state index contributed by atoms with van der Waals surface area (Å²) in [7, 11) is -3.95. The Kier molecular flexibility index (Phi) is 11.0. The van der Waals surface area contributed by atoms with E-state index in [2.05, 4.69) is 33.9 Å². The zero-order chi connectivity index (χ0) is 39.8. The molecule has 298 valence electrons. The first-order valence-corrected chi connectivity index (χ1v) is 21.2. The molecule has 7 rings (SSSR count). The molecule has 13 nitrogen and oxygen atoms in total. The Bertz CT molecular complexity index is 2090. The van der Waals surface area contributed by atoms with Crippen LogP contribution < -0.4 is 19.5 Å². The topological polar surface area (TPSA) is 170 Å². The normalized spacial score (nSPS) is 28.2. The maximum absolute atomic E-state index is 14.4. The van der Waals surface area contributed by atoms with Crippen LogP contribution in [-0.2, 0) is 24.4 Å². The van der Waals surface area contributed by atoms with Crippen molar-refractivity contribution in [1.29, 1.82) is 0 Å². The van der Waals surface area contributed by atoms with Crippen molar-refractivity contribution in [2.45, 2.75) is 115 Å². The van der Waals surface area contributed by atoms with Gasteiger partial charge in [-0.25, -0.2) is 13.4 Å². The Morgan fingerprint density at radius 2 is 1.75 bits per heavy atom. The van der Waals surface area contributed by atoms with Gasteiger partial charge in [0.25, 0.3) is 5.91 Å². The molecule has 0 spiro atoms. The van der Waals surface area contributed by atoms with Crippen molar-refractivity contribution in [2.75, 3.05) is 6.54 Å². The number of hydrogen-bond acceptors (Lipinski definition) is 10. The van der Waals surface area contributed by atoms with Gasteiger partial charge >= 0.3 is 0 Å². The first-order valence-electron chi connectivity index (χ1n) is 19.7. The summed E-state index contributed by atoms with van der Waals surface area (Å²) in [6.45, 7) is 9.93. The average Bonchev–Trinajstić information content (AvgIpc) is 4.03. The van der Waals surface area contributed by atoms with E-state index in [9.17, 15) is 22.8 Å². The lowest BCUT2D eigenvalue weighted by Gasteiger charge is -2.28. The third kappa shape index (κ3) is 8.59. The van der Waals surface area contributed by atoms with Crippen molar-refractivity contribution < 1.29 is 32.3 Å². The molecule has 4 heterocycles. The number of ether oxygens (including phenoxy) is 2. The predicted molar refractivity (Wildman–Crippen MR) is 211 cm³/mol. The van der Waals surface area contributed by atoms with Gasteiger partial charge in [-0.3, -0.25) is 29.1 Å². The van der Waals surface area contributed by atoms with E-state index < -0.39 is 44.3 Å². The second-order valence-corrected chi connectivity index (χ2v) is 18.9. The summed E-state index contributed by atoms with van der Waals surface area (Å²) >= 11 is 0. The highest BCUT2D eigenvalue weighted by molar-refractivity contribution is 7.91. The van der Waals surface area contributed by atoms with Gasteiger partial charge in [-0.15, -0.1) is 0 Å². The molecular weight excluding hydrogens is 733 g/mol. The van der Waals surface area contributed by atoms with E-state index in [0.29, 0.717) is 41.6 Å². The van der Waals surface area contributed by atoms with Gasteiger partial charge in [0.1, 0.15) is 34.9 Å². The number of rotatable bonds is 9. The Hall–Kier alpha value is -4.85. The molecule has 2 N–H and O–H groups in total. The van der Waals surface area contributed by atoms with Crippen LogP contribution in [0, 0.1) is 17.8 Å². The lowest BCUT2D eigenvalue weighted by atomic mass is 9.91. The van der Waals surface area contributed by atoms with Crippen molar-refractivity contribution in [1.82, 2.24) is 29.9 Å². The minimum Gasteiger partial charge on any atom is -0.491 e. The van der Waals surface area contributed by atoms with E-state index in [0.717, 1.165) is 30.6 Å². The van der Waals surface area contributed by atoms with Crippen molar-refractivity contribution in [2.24, 2.45) is 17.8 Å². The molecule has 14 heteroatoms. The number of aromatic nitrogens is 3. The van der Waals surface area contributed by atoms with Crippen LogP contribution in [0.1, 0.15) is 86.0 Å². The first-order chi connectivity index (χ1) is 26.6. The average molecular weight is 785 g/mol. The zero-order valence-corrected chi connectivity index (χ0v) is 33.6. The summed E-state index contributed by atoms with van der Waals surface area (Å²) < 4.78 is 40.1. The highest BCUT2D eigenvalue weighted by atomic mass is 32.2. The van der Waals surface area contributed by atoms with Gasteiger partial charge in [0.2, 0.25) is 21.8 Å². The predicted octanol–water partition coefficient (Wildman–Crippen LogP) is 5.62. The Labute approximate surface area is 329 Å². The Morgan fingerprint density at radius 1 is 1.00 bits per heavy atom. The van der Waals surface area contributed by atoms with Crippen LogP contribution in [0.2, 0.25) is 0 Å². The number of carbonyl (C=O) groups is 3. The molecular formula is C42H52N6O7S. The molecule has 2 aliphatic heterocycles. The summed E-state index contributed by atoms with van der Waals surface area (Å²) in [6.07, 6.45) is 12.3. The smallest absolute Gasteiger partial charge is 0.259 e. The lowest BCUT2D eigenvalue weighted by Crippen LogP contribution is -2.57. The fourth-order valence-electron chi connectivity index (χ4n) is 7.87. The zero-order valence-electron chi connectivity index (χ0n) is 32.7. The molecule has 2 saturated carbocycles. The second kappa shape index (κ2) is 15.6. The van der Waals surface area contributed by atoms with Gasteiger partial charge in [0.05, 0.1) is 35.0 Å². The number of pyridine rings is 1. The van der Waals surface area contributed by atoms with Gasteiger partial charge in [0.15, 0.2) is 0 Å². The number of sulfonamides is 1. The van der Waals surface area contributed by atoms with Gasteiger partial charge in [0, 0.05) is 48.8 Å².